The lowest BCUT2D eigenvalue weighted by Crippen LogP contribution is -2.44. The number of benzene rings is 1. The van der Waals surface area contributed by atoms with Gasteiger partial charge in [-0.15, -0.1) is 0 Å². The second-order valence-corrected chi connectivity index (χ2v) is 11.0. The lowest BCUT2D eigenvalue weighted by Gasteiger charge is -2.33. The molecule has 2 N–H and O–H groups in total. The van der Waals surface area contributed by atoms with Crippen LogP contribution < -0.4 is 15.0 Å². The number of aliphatic hydroxyl groups is 1. The van der Waals surface area contributed by atoms with E-state index < -0.39 is 0 Å². The average molecular weight is 519 g/mol. The summed E-state index contributed by atoms with van der Waals surface area (Å²) in [6.07, 6.45) is 4.53. The van der Waals surface area contributed by atoms with E-state index in [2.05, 4.69) is 58.1 Å². The van der Waals surface area contributed by atoms with Crippen LogP contribution in [0.1, 0.15) is 20.3 Å². The molecule has 0 radical (unpaired) electrons. The van der Waals surface area contributed by atoms with Crippen LogP contribution in [0.15, 0.2) is 54.9 Å². The summed E-state index contributed by atoms with van der Waals surface area (Å²) in [4.78, 5) is 18.6. The monoisotopic (exact) mass is 518 g/mol. The molecule has 1 fully saturated rings. The van der Waals surface area contributed by atoms with Crippen LogP contribution in [-0.4, -0.2) is 70.8 Å². The maximum atomic E-state index is 9.69. The van der Waals surface area contributed by atoms with Gasteiger partial charge in [0.2, 0.25) is 0 Å². The molecular formula is C28H34N6O2S. The maximum Gasteiger partial charge on any atom is 0.184 e. The van der Waals surface area contributed by atoms with E-state index in [1.807, 2.05) is 36.5 Å². The maximum absolute atomic E-state index is 9.69. The first kappa shape index (κ1) is 25.4. The summed E-state index contributed by atoms with van der Waals surface area (Å²) in [5.41, 5.74) is 2.68. The van der Waals surface area contributed by atoms with E-state index in [9.17, 15) is 5.11 Å². The van der Waals surface area contributed by atoms with E-state index in [1.54, 1.807) is 17.5 Å². The van der Waals surface area contributed by atoms with E-state index in [-0.39, 0.29) is 12.6 Å². The van der Waals surface area contributed by atoms with Crippen LogP contribution in [0.5, 0.6) is 11.5 Å². The van der Waals surface area contributed by atoms with Crippen molar-refractivity contribution >= 4 is 32.5 Å². The molecule has 194 valence electrons. The first-order chi connectivity index (χ1) is 18.0. The molecule has 1 atom stereocenters. The van der Waals surface area contributed by atoms with Gasteiger partial charge in [-0.3, -0.25) is 4.98 Å². The van der Waals surface area contributed by atoms with Crippen molar-refractivity contribution in [1.82, 2.24) is 19.9 Å². The molecule has 37 heavy (non-hydrogen) atoms. The summed E-state index contributed by atoms with van der Waals surface area (Å²) in [5.74, 6) is 2.96. The van der Waals surface area contributed by atoms with Crippen LogP contribution in [0.3, 0.4) is 0 Å². The van der Waals surface area contributed by atoms with Crippen molar-refractivity contribution in [3.63, 3.8) is 0 Å². The lowest BCUT2D eigenvalue weighted by atomic mass is 10.0. The van der Waals surface area contributed by atoms with Gasteiger partial charge in [-0.25, -0.2) is 9.97 Å². The fraction of sp³-hybridized carbons (Fsp3) is 0.393. The van der Waals surface area contributed by atoms with Crippen LogP contribution >= 0.6 is 11.3 Å². The van der Waals surface area contributed by atoms with E-state index in [0.717, 1.165) is 70.8 Å². The Labute approximate surface area is 222 Å². The zero-order valence-corrected chi connectivity index (χ0v) is 22.4. The molecule has 8 nitrogen and oxygen atoms in total. The van der Waals surface area contributed by atoms with Gasteiger partial charge in [0.1, 0.15) is 17.3 Å². The minimum absolute atomic E-state index is 0.00312. The summed E-state index contributed by atoms with van der Waals surface area (Å²) < 4.78 is 7.21. The van der Waals surface area contributed by atoms with Gasteiger partial charge in [0, 0.05) is 56.3 Å². The number of hydrogen-bond donors (Lipinski definition) is 2. The van der Waals surface area contributed by atoms with Crippen molar-refractivity contribution in [3.8, 4) is 22.8 Å². The van der Waals surface area contributed by atoms with Crippen molar-refractivity contribution in [2.75, 3.05) is 50.1 Å². The fourth-order valence-electron chi connectivity index (χ4n) is 4.48. The molecule has 0 saturated carbocycles. The van der Waals surface area contributed by atoms with Crippen LogP contribution in [0.25, 0.3) is 21.5 Å². The molecule has 1 aliphatic heterocycles. The predicted molar refractivity (Wildman–Crippen MR) is 151 cm³/mol. The number of fused-ring (bicyclic) bond motifs is 1. The quantitative estimate of drug-likeness (QED) is 0.316. The highest BCUT2D eigenvalue weighted by Crippen LogP contribution is 2.33. The first-order valence-electron chi connectivity index (χ1n) is 12.8. The topological polar surface area (TPSA) is 86.6 Å². The van der Waals surface area contributed by atoms with Gasteiger partial charge in [0.15, 0.2) is 5.13 Å². The SMILES string of the molecule is CC(C)C[C@H](CO)Nc1nc2ccc(Oc3ccnc(-c4ccc(N5CCN(C)CC5)nc4)c3)cc2s1. The van der Waals surface area contributed by atoms with Gasteiger partial charge in [-0.1, -0.05) is 25.2 Å². The summed E-state index contributed by atoms with van der Waals surface area (Å²) in [7, 11) is 2.15. The Morgan fingerprint density at radius 1 is 1.03 bits per heavy atom. The van der Waals surface area contributed by atoms with E-state index >= 15 is 0 Å². The number of aliphatic hydroxyl groups excluding tert-OH is 1. The summed E-state index contributed by atoms with van der Waals surface area (Å²) in [5, 5.41) is 13.9. The Morgan fingerprint density at radius 2 is 1.84 bits per heavy atom. The summed E-state index contributed by atoms with van der Waals surface area (Å²) >= 11 is 1.57. The molecular weight excluding hydrogens is 484 g/mol. The van der Waals surface area contributed by atoms with Gasteiger partial charge in [0.25, 0.3) is 0 Å². The van der Waals surface area contributed by atoms with E-state index in [4.69, 9.17) is 9.72 Å². The van der Waals surface area contributed by atoms with Crippen LogP contribution in [-0.2, 0) is 0 Å². The number of piperazine rings is 1. The van der Waals surface area contributed by atoms with Gasteiger partial charge in [-0.2, -0.15) is 0 Å². The molecule has 3 aromatic heterocycles. The molecule has 1 saturated heterocycles. The number of thiazole rings is 1. The zero-order valence-electron chi connectivity index (χ0n) is 21.6. The fourth-order valence-corrected chi connectivity index (χ4v) is 5.45. The van der Waals surface area contributed by atoms with Crippen LogP contribution in [0.2, 0.25) is 0 Å². The van der Waals surface area contributed by atoms with E-state index in [0.29, 0.717) is 11.7 Å². The van der Waals surface area contributed by atoms with E-state index in [1.165, 1.54) is 0 Å². The number of nitrogens with zero attached hydrogens (tertiary/aromatic N) is 5. The third-order valence-corrected chi connectivity index (χ3v) is 7.45. The molecule has 1 aromatic carbocycles. The van der Waals surface area contributed by atoms with Crippen molar-refractivity contribution in [2.45, 2.75) is 26.3 Å². The average Bonchev–Trinajstić information content (AvgIpc) is 3.30. The number of likely N-dealkylation sites (N-methyl/N-ethyl adjacent to an activating group) is 1. The number of anilines is 2. The highest BCUT2D eigenvalue weighted by Gasteiger charge is 2.16. The molecule has 0 unspecified atom stereocenters. The van der Waals surface area contributed by atoms with Gasteiger partial charge < -0.3 is 25.0 Å². The molecule has 0 aliphatic carbocycles. The first-order valence-corrected chi connectivity index (χ1v) is 13.6. The third-order valence-electron chi connectivity index (χ3n) is 6.50. The second kappa shape index (κ2) is 11.4. The lowest BCUT2D eigenvalue weighted by molar-refractivity contribution is 0.259. The Balaban J connectivity index is 1.27. The number of aromatic nitrogens is 3. The Hall–Kier alpha value is -3.27. The van der Waals surface area contributed by atoms with Crippen molar-refractivity contribution in [2.24, 2.45) is 5.92 Å². The smallest absolute Gasteiger partial charge is 0.184 e. The second-order valence-electron chi connectivity index (χ2n) is 9.98. The normalized spacial score (nSPS) is 15.3. The van der Waals surface area contributed by atoms with Gasteiger partial charge in [-0.05, 0) is 49.7 Å². The molecule has 0 amide bonds. The number of rotatable bonds is 9. The molecule has 4 aromatic rings. The highest BCUT2D eigenvalue weighted by atomic mass is 32.1. The van der Waals surface area contributed by atoms with Crippen molar-refractivity contribution < 1.29 is 9.84 Å². The van der Waals surface area contributed by atoms with Gasteiger partial charge >= 0.3 is 0 Å². The highest BCUT2D eigenvalue weighted by molar-refractivity contribution is 7.22. The van der Waals surface area contributed by atoms with Crippen molar-refractivity contribution in [1.29, 1.82) is 0 Å². The molecule has 5 rings (SSSR count). The minimum atomic E-state index is -0.00312. The van der Waals surface area contributed by atoms with Crippen LogP contribution in [0.4, 0.5) is 10.9 Å². The summed E-state index contributed by atoms with van der Waals surface area (Å²) in [6, 6.07) is 13.8. The summed E-state index contributed by atoms with van der Waals surface area (Å²) in [6.45, 7) is 8.47. The molecule has 4 heterocycles. The number of nitrogens with one attached hydrogen (secondary N) is 1. The third kappa shape index (κ3) is 6.36. The Bertz CT molecular complexity index is 1320. The Morgan fingerprint density at radius 3 is 2.57 bits per heavy atom. The number of ether oxygens (including phenoxy) is 1. The standard InChI is InChI=1S/C28H34N6O2S/c1-19(2)14-21(18-35)31-28-32-24-6-5-22(16-26(24)37-28)36-23-8-9-29-25(15-23)20-4-7-27(30-17-20)34-12-10-33(3)11-13-34/h4-9,15-17,19,21,35H,10-14,18H2,1-3H3,(H,31,32)/t21-/m1/s1. The largest absolute Gasteiger partial charge is 0.457 e. The van der Waals surface area contributed by atoms with Crippen LogP contribution in [0, 0.1) is 5.92 Å². The zero-order chi connectivity index (χ0) is 25.8. The Kier molecular flexibility index (Phi) is 7.83. The molecule has 9 heteroatoms. The van der Waals surface area contributed by atoms with Crippen molar-refractivity contribution in [3.05, 3.63) is 54.9 Å². The number of pyridine rings is 2. The molecule has 0 spiro atoms. The molecule has 0 bridgehead atoms. The number of hydrogen-bond acceptors (Lipinski definition) is 9. The molecule has 1 aliphatic rings. The predicted octanol–water partition coefficient (Wildman–Crippen LogP) is 5.12. The van der Waals surface area contributed by atoms with Gasteiger partial charge in [0.05, 0.1) is 28.6 Å². The minimum Gasteiger partial charge on any atom is -0.457 e.